The zero-order valence-corrected chi connectivity index (χ0v) is 26.3. The molecule has 10 heteroatoms. The number of nitrogens with zero attached hydrogens (tertiary/aromatic N) is 3. The number of aryl methyl sites for hydroxylation is 1. The van der Waals surface area contributed by atoms with Crippen molar-refractivity contribution in [3.05, 3.63) is 23.9 Å². The average molecular weight is 608 g/mol. The van der Waals surface area contributed by atoms with Gasteiger partial charge in [-0.2, -0.15) is 0 Å². The first-order valence-corrected chi connectivity index (χ1v) is 16.3. The van der Waals surface area contributed by atoms with Crippen LogP contribution in [0.4, 0.5) is 0 Å². The van der Waals surface area contributed by atoms with Gasteiger partial charge in [0.15, 0.2) is 0 Å². The first kappa shape index (κ1) is 30.7. The molecule has 238 valence electrons. The van der Waals surface area contributed by atoms with Crippen LogP contribution in [-0.2, 0) is 30.3 Å². The number of esters is 1. The Labute approximate surface area is 259 Å². The van der Waals surface area contributed by atoms with Crippen LogP contribution in [0.5, 0.6) is 11.6 Å². The van der Waals surface area contributed by atoms with Crippen molar-refractivity contribution >= 4 is 29.2 Å². The smallest absolute Gasteiger partial charge is 0.306 e. The molecule has 2 unspecified atom stereocenters. The lowest BCUT2D eigenvalue weighted by Crippen LogP contribution is -2.45. The molecular weight excluding hydrogens is 562 g/mol. The Kier molecular flexibility index (Phi) is 9.08. The van der Waals surface area contributed by atoms with E-state index in [-0.39, 0.29) is 43.5 Å². The minimum absolute atomic E-state index is 0.000268. The second kappa shape index (κ2) is 13.0. The van der Waals surface area contributed by atoms with Gasteiger partial charge in [-0.25, -0.2) is 9.97 Å². The third kappa shape index (κ3) is 6.14. The molecule has 3 fully saturated rings. The molecule has 2 aromatic rings. The van der Waals surface area contributed by atoms with Crippen LogP contribution in [0.25, 0.3) is 11.0 Å². The highest BCUT2D eigenvalue weighted by Gasteiger charge is 2.54. The Morgan fingerprint density at radius 1 is 1.02 bits per heavy atom. The Morgan fingerprint density at radius 3 is 2.61 bits per heavy atom. The molecular formula is C34H45N3O7. The largest absolute Gasteiger partial charge is 0.497 e. The Morgan fingerprint density at radius 2 is 1.86 bits per heavy atom. The molecule has 1 amide bonds. The van der Waals surface area contributed by atoms with E-state index in [2.05, 4.69) is 0 Å². The van der Waals surface area contributed by atoms with Crippen LogP contribution < -0.4 is 9.47 Å². The van der Waals surface area contributed by atoms with Gasteiger partial charge in [0.2, 0.25) is 11.8 Å². The summed E-state index contributed by atoms with van der Waals surface area (Å²) in [4.78, 5) is 51.4. The summed E-state index contributed by atoms with van der Waals surface area (Å²) < 4.78 is 23.7. The molecule has 0 spiro atoms. The third-order valence-electron chi connectivity index (χ3n) is 10.4. The summed E-state index contributed by atoms with van der Waals surface area (Å²) in [5.74, 6) is 1.10. The zero-order valence-electron chi connectivity index (χ0n) is 26.3. The number of methoxy groups -OCH3 is 2. The van der Waals surface area contributed by atoms with Crippen molar-refractivity contribution in [2.24, 2.45) is 35.5 Å². The second-order valence-electron chi connectivity index (χ2n) is 13.5. The van der Waals surface area contributed by atoms with Crippen molar-refractivity contribution in [2.45, 2.75) is 83.5 Å². The molecule has 1 aromatic carbocycles. The number of aldehydes is 1. The molecule has 8 atom stereocenters. The van der Waals surface area contributed by atoms with Crippen LogP contribution in [0, 0.1) is 35.5 Å². The van der Waals surface area contributed by atoms with Gasteiger partial charge in [-0.1, -0.05) is 26.7 Å². The second-order valence-corrected chi connectivity index (χ2v) is 13.5. The van der Waals surface area contributed by atoms with E-state index in [4.69, 9.17) is 28.9 Å². The molecule has 6 rings (SSSR count). The number of hydrogen-bond acceptors (Lipinski definition) is 9. The molecule has 3 heterocycles. The van der Waals surface area contributed by atoms with E-state index in [0.717, 1.165) is 49.6 Å². The van der Waals surface area contributed by atoms with Gasteiger partial charge in [0.05, 0.1) is 49.7 Å². The Balaban J connectivity index is 1.35. The van der Waals surface area contributed by atoms with Crippen molar-refractivity contribution in [1.82, 2.24) is 14.9 Å². The zero-order chi connectivity index (χ0) is 31.0. The fraction of sp³-hybridized carbons (Fsp3) is 0.676. The highest BCUT2D eigenvalue weighted by molar-refractivity contribution is 5.86. The normalized spacial score (nSPS) is 32.6. The van der Waals surface area contributed by atoms with Crippen LogP contribution in [0.2, 0.25) is 0 Å². The maximum Gasteiger partial charge on any atom is 0.306 e. The molecule has 4 aliphatic rings. The predicted molar refractivity (Wildman–Crippen MR) is 162 cm³/mol. The van der Waals surface area contributed by atoms with Crippen LogP contribution in [0.15, 0.2) is 18.2 Å². The van der Waals surface area contributed by atoms with E-state index < -0.39 is 24.0 Å². The molecule has 1 saturated heterocycles. The van der Waals surface area contributed by atoms with Crippen LogP contribution >= 0.6 is 0 Å². The average Bonchev–Trinajstić information content (AvgIpc) is 3.57. The number of aromatic nitrogens is 2. The van der Waals surface area contributed by atoms with Crippen molar-refractivity contribution < 1.29 is 33.3 Å². The highest BCUT2D eigenvalue weighted by atomic mass is 16.5. The molecule has 2 aliphatic carbocycles. The standard InChI is InChI=1S/C34H45N3O7/c1-19(2)23-15-32(39)43-30-13-20-12-24(20)22(30)8-6-5-7-9-27-33(36-28-14-21(42-4)10-11-26(28)35-27)44-31-16-37(34(23)40)29(17-38)25(31)18-41-3/h10-11,14,17,19-20,22-25,29-31H,5-9,12-13,15-16,18H2,1-4H3/t20?,22-,23+,24?,25+,29-,30-,31+/m1/s1. The van der Waals surface area contributed by atoms with E-state index in [1.54, 1.807) is 19.1 Å². The minimum Gasteiger partial charge on any atom is -0.497 e. The number of benzene rings is 1. The van der Waals surface area contributed by atoms with E-state index in [9.17, 15) is 14.4 Å². The number of fused-ring (bicyclic) bond motifs is 7. The van der Waals surface area contributed by atoms with Gasteiger partial charge < -0.3 is 28.6 Å². The van der Waals surface area contributed by atoms with Crippen LogP contribution in [0.3, 0.4) is 0 Å². The fourth-order valence-electron chi connectivity index (χ4n) is 7.84. The van der Waals surface area contributed by atoms with Gasteiger partial charge in [0, 0.05) is 19.1 Å². The number of rotatable bonds is 5. The van der Waals surface area contributed by atoms with Gasteiger partial charge in [-0.05, 0) is 67.9 Å². The number of amides is 1. The predicted octanol–water partition coefficient (Wildman–Crippen LogP) is 4.40. The number of carbonyl (C=O) groups excluding carboxylic acids is 3. The van der Waals surface area contributed by atoms with Crippen molar-refractivity contribution in [2.75, 3.05) is 27.4 Å². The van der Waals surface area contributed by atoms with E-state index in [0.29, 0.717) is 41.3 Å². The summed E-state index contributed by atoms with van der Waals surface area (Å²) in [6.07, 6.45) is 7.07. The van der Waals surface area contributed by atoms with Gasteiger partial charge in [0.25, 0.3) is 0 Å². The monoisotopic (exact) mass is 607 g/mol. The summed E-state index contributed by atoms with van der Waals surface area (Å²) in [6.45, 7) is 4.28. The van der Waals surface area contributed by atoms with Crippen molar-refractivity contribution in [1.29, 1.82) is 0 Å². The quantitative estimate of drug-likeness (QED) is 0.360. The fourth-order valence-corrected chi connectivity index (χ4v) is 7.84. The van der Waals surface area contributed by atoms with Crippen molar-refractivity contribution in [3.63, 3.8) is 0 Å². The number of ether oxygens (including phenoxy) is 4. The maximum absolute atomic E-state index is 14.1. The number of hydrogen-bond donors (Lipinski definition) is 0. The van der Waals surface area contributed by atoms with Crippen molar-refractivity contribution in [3.8, 4) is 11.6 Å². The first-order chi connectivity index (χ1) is 21.3. The molecule has 44 heavy (non-hydrogen) atoms. The molecule has 2 aliphatic heterocycles. The lowest BCUT2D eigenvalue weighted by Gasteiger charge is -2.29. The molecule has 0 radical (unpaired) electrons. The van der Waals surface area contributed by atoms with Crippen LogP contribution in [-0.4, -0.2) is 78.7 Å². The Bertz CT molecular complexity index is 1380. The number of carbonyl (C=O) groups is 3. The molecule has 0 N–H and O–H groups in total. The topological polar surface area (TPSA) is 117 Å². The first-order valence-electron chi connectivity index (χ1n) is 16.3. The van der Waals surface area contributed by atoms with Gasteiger partial charge >= 0.3 is 5.97 Å². The van der Waals surface area contributed by atoms with Gasteiger partial charge in [-0.3, -0.25) is 9.59 Å². The minimum atomic E-state index is -0.755. The summed E-state index contributed by atoms with van der Waals surface area (Å²) >= 11 is 0. The SMILES string of the molecule is COC[C@@H]1[C@@H]2CN(C(=O)[C@H](C(C)C)CC(=O)O[C@@H]3CC4CC4[C@H]3CCCCCc3nc4ccc(OC)cc4nc3O2)[C@@H]1C=O. The van der Waals surface area contributed by atoms with E-state index in [1.807, 2.05) is 32.0 Å². The molecule has 2 saturated carbocycles. The highest BCUT2D eigenvalue weighted by Crippen LogP contribution is 2.57. The van der Waals surface area contributed by atoms with Gasteiger partial charge in [0.1, 0.15) is 29.9 Å². The summed E-state index contributed by atoms with van der Waals surface area (Å²) in [5, 5.41) is 0. The molecule has 10 nitrogen and oxygen atoms in total. The molecule has 2 bridgehead atoms. The van der Waals surface area contributed by atoms with Gasteiger partial charge in [-0.15, -0.1) is 0 Å². The third-order valence-corrected chi connectivity index (χ3v) is 10.4. The summed E-state index contributed by atoms with van der Waals surface area (Å²) in [6, 6.07) is 4.85. The summed E-state index contributed by atoms with van der Waals surface area (Å²) in [7, 11) is 3.19. The lowest BCUT2D eigenvalue weighted by molar-refractivity contribution is -0.157. The van der Waals surface area contributed by atoms with E-state index >= 15 is 0 Å². The lowest BCUT2D eigenvalue weighted by atomic mass is 9.90. The Hall–Kier alpha value is -3.27. The maximum atomic E-state index is 14.1. The van der Waals surface area contributed by atoms with E-state index in [1.165, 1.54) is 6.42 Å². The molecule has 1 aromatic heterocycles. The van der Waals surface area contributed by atoms with Crippen LogP contribution in [0.1, 0.15) is 64.5 Å². The summed E-state index contributed by atoms with van der Waals surface area (Å²) in [5.41, 5.74) is 2.17.